The first kappa shape index (κ1) is 14.1. The average Bonchev–Trinajstić information content (AvgIpc) is 2.80. The third kappa shape index (κ3) is 2.29. The minimum absolute atomic E-state index is 0.0932. The van der Waals surface area contributed by atoms with Crippen LogP contribution in [0.15, 0.2) is 54.6 Å². The Morgan fingerprint density at radius 3 is 2.32 bits per heavy atom. The van der Waals surface area contributed by atoms with E-state index in [2.05, 4.69) is 0 Å². The van der Waals surface area contributed by atoms with Gasteiger partial charge in [0.2, 0.25) is 0 Å². The Bertz CT molecular complexity index is 775. The van der Waals surface area contributed by atoms with Gasteiger partial charge < -0.3 is 9.64 Å². The molecule has 0 saturated carbocycles. The zero-order valence-corrected chi connectivity index (χ0v) is 12.4. The molecule has 1 aliphatic rings. The number of carbonyl (C=O) groups excluding carboxylic acids is 2. The molecule has 0 N–H and O–H groups in total. The molecule has 1 amide bonds. The van der Waals surface area contributed by atoms with Crippen LogP contribution in [-0.4, -0.2) is 30.7 Å². The normalized spacial score (nSPS) is 15.1. The van der Waals surface area contributed by atoms with E-state index in [-0.39, 0.29) is 11.7 Å². The predicted octanol–water partition coefficient (Wildman–Crippen LogP) is 3.00. The summed E-state index contributed by atoms with van der Waals surface area (Å²) in [7, 11) is 3.25. The topological polar surface area (TPSA) is 46.6 Å². The fourth-order valence-electron chi connectivity index (χ4n) is 2.50. The summed E-state index contributed by atoms with van der Waals surface area (Å²) >= 11 is 0. The van der Waals surface area contributed by atoms with Crippen molar-refractivity contribution in [3.8, 4) is 5.75 Å². The molecule has 0 bridgehead atoms. The molecule has 0 radical (unpaired) electrons. The van der Waals surface area contributed by atoms with Crippen molar-refractivity contribution in [1.29, 1.82) is 0 Å². The number of ether oxygens (including phenoxy) is 1. The molecule has 0 spiro atoms. The lowest BCUT2D eigenvalue weighted by Crippen LogP contribution is -2.17. The lowest BCUT2D eigenvalue weighted by molar-refractivity contribution is 0.0874. The van der Waals surface area contributed by atoms with Crippen LogP contribution in [0.5, 0.6) is 5.75 Å². The van der Waals surface area contributed by atoms with E-state index in [4.69, 9.17) is 4.74 Å². The summed E-state index contributed by atoms with van der Waals surface area (Å²) < 4.78 is 5.08. The monoisotopic (exact) mass is 293 g/mol. The number of methoxy groups -OCH3 is 1. The lowest BCUT2D eigenvalue weighted by atomic mass is 10.1. The maximum Gasteiger partial charge on any atom is 0.258 e. The Kier molecular flexibility index (Phi) is 3.51. The maximum atomic E-state index is 12.4. The average molecular weight is 293 g/mol. The molecule has 0 atom stereocenters. The quantitative estimate of drug-likeness (QED) is 0.645. The number of hydrogen-bond acceptors (Lipinski definition) is 3. The molecule has 0 saturated heterocycles. The van der Waals surface area contributed by atoms with Gasteiger partial charge in [-0.05, 0) is 30.3 Å². The van der Waals surface area contributed by atoms with Gasteiger partial charge in [-0.2, -0.15) is 0 Å². The summed E-state index contributed by atoms with van der Waals surface area (Å²) in [6.45, 7) is 0. The van der Waals surface area contributed by atoms with Gasteiger partial charge in [0.1, 0.15) is 5.75 Å². The van der Waals surface area contributed by atoms with Crippen molar-refractivity contribution in [1.82, 2.24) is 4.90 Å². The number of carbonyl (C=O) groups is 2. The molecular weight excluding hydrogens is 278 g/mol. The maximum absolute atomic E-state index is 12.4. The Hall–Kier alpha value is -2.88. The number of allylic oxidation sites excluding steroid dienone is 1. The molecule has 4 nitrogen and oxygen atoms in total. The second-order valence-electron chi connectivity index (χ2n) is 5.03. The second-order valence-corrected chi connectivity index (χ2v) is 5.03. The van der Waals surface area contributed by atoms with Crippen LogP contribution in [0.4, 0.5) is 0 Å². The number of amides is 1. The second kappa shape index (κ2) is 5.48. The first-order chi connectivity index (χ1) is 10.6. The van der Waals surface area contributed by atoms with Crippen molar-refractivity contribution in [2.75, 3.05) is 14.2 Å². The molecule has 22 heavy (non-hydrogen) atoms. The molecule has 1 heterocycles. The molecule has 2 aromatic rings. The van der Waals surface area contributed by atoms with Crippen molar-refractivity contribution < 1.29 is 14.3 Å². The molecule has 0 unspecified atom stereocenters. The van der Waals surface area contributed by atoms with Crippen molar-refractivity contribution in [3.05, 3.63) is 71.3 Å². The standard InChI is InChI=1S/C18H15NO3/c1-19-16(14-5-3-4-6-15(14)18(19)21)11-17(20)12-7-9-13(22-2)10-8-12/h3-11H,1-2H3/b16-11+. The summed E-state index contributed by atoms with van der Waals surface area (Å²) in [5.41, 5.74) is 2.59. The Morgan fingerprint density at radius 2 is 1.68 bits per heavy atom. The first-order valence-electron chi connectivity index (χ1n) is 6.89. The van der Waals surface area contributed by atoms with Crippen LogP contribution < -0.4 is 4.74 Å². The summed E-state index contributed by atoms with van der Waals surface area (Å²) in [6.07, 6.45) is 1.51. The van der Waals surface area contributed by atoms with E-state index < -0.39 is 0 Å². The van der Waals surface area contributed by atoms with Gasteiger partial charge in [-0.25, -0.2) is 0 Å². The van der Waals surface area contributed by atoms with Gasteiger partial charge in [0.15, 0.2) is 5.78 Å². The minimum Gasteiger partial charge on any atom is -0.497 e. The smallest absolute Gasteiger partial charge is 0.258 e. The molecular formula is C18H15NO3. The van der Waals surface area contributed by atoms with E-state index in [0.29, 0.717) is 22.6 Å². The molecule has 3 rings (SSSR count). The van der Waals surface area contributed by atoms with Crippen LogP contribution in [-0.2, 0) is 0 Å². The summed E-state index contributed by atoms with van der Waals surface area (Å²) in [6, 6.07) is 14.2. The highest BCUT2D eigenvalue weighted by molar-refractivity contribution is 6.15. The Morgan fingerprint density at radius 1 is 1.05 bits per heavy atom. The lowest BCUT2D eigenvalue weighted by Gasteiger charge is -2.11. The largest absolute Gasteiger partial charge is 0.497 e. The summed E-state index contributed by atoms with van der Waals surface area (Å²) in [4.78, 5) is 26.1. The zero-order chi connectivity index (χ0) is 15.7. The molecule has 0 aliphatic carbocycles. The highest BCUT2D eigenvalue weighted by atomic mass is 16.5. The van der Waals surface area contributed by atoms with Crippen molar-refractivity contribution >= 4 is 17.4 Å². The van der Waals surface area contributed by atoms with Crippen LogP contribution in [0.1, 0.15) is 26.3 Å². The van der Waals surface area contributed by atoms with Crippen molar-refractivity contribution in [3.63, 3.8) is 0 Å². The van der Waals surface area contributed by atoms with E-state index in [9.17, 15) is 9.59 Å². The van der Waals surface area contributed by atoms with Crippen LogP contribution in [0, 0.1) is 0 Å². The van der Waals surface area contributed by atoms with E-state index in [1.807, 2.05) is 18.2 Å². The highest BCUT2D eigenvalue weighted by Gasteiger charge is 2.29. The minimum atomic E-state index is -0.144. The number of benzene rings is 2. The van der Waals surface area contributed by atoms with Gasteiger partial charge in [-0.15, -0.1) is 0 Å². The third-order valence-electron chi connectivity index (χ3n) is 3.74. The first-order valence-corrected chi connectivity index (χ1v) is 6.89. The van der Waals surface area contributed by atoms with E-state index >= 15 is 0 Å². The predicted molar refractivity (Wildman–Crippen MR) is 83.8 cm³/mol. The van der Waals surface area contributed by atoms with E-state index in [1.54, 1.807) is 44.5 Å². The number of hydrogen-bond donors (Lipinski definition) is 0. The Labute approximate surface area is 128 Å². The number of ketones is 1. The summed E-state index contributed by atoms with van der Waals surface area (Å²) in [5.74, 6) is 0.459. The van der Waals surface area contributed by atoms with Gasteiger partial charge in [-0.1, -0.05) is 18.2 Å². The molecule has 4 heteroatoms. The number of nitrogens with zero attached hydrogens (tertiary/aromatic N) is 1. The molecule has 110 valence electrons. The van der Waals surface area contributed by atoms with Gasteiger partial charge in [0.05, 0.1) is 12.8 Å². The van der Waals surface area contributed by atoms with Crippen molar-refractivity contribution in [2.24, 2.45) is 0 Å². The SMILES string of the molecule is COc1ccc(C(=O)/C=C2\c3ccccc3C(=O)N2C)cc1. The van der Waals surface area contributed by atoms with Gasteiger partial charge in [0.25, 0.3) is 5.91 Å². The van der Waals surface area contributed by atoms with Gasteiger partial charge in [-0.3, -0.25) is 9.59 Å². The van der Waals surface area contributed by atoms with Crippen molar-refractivity contribution in [2.45, 2.75) is 0 Å². The van der Waals surface area contributed by atoms with E-state index in [0.717, 1.165) is 5.56 Å². The van der Waals surface area contributed by atoms with Crippen LogP contribution in [0.3, 0.4) is 0 Å². The Balaban J connectivity index is 1.97. The van der Waals surface area contributed by atoms with Gasteiger partial charge >= 0.3 is 0 Å². The fourth-order valence-corrected chi connectivity index (χ4v) is 2.50. The van der Waals surface area contributed by atoms with Crippen LogP contribution in [0.25, 0.3) is 5.70 Å². The fraction of sp³-hybridized carbons (Fsp3) is 0.111. The summed E-state index contributed by atoms with van der Waals surface area (Å²) in [5, 5.41) is 0. The van der Waals surface area contributed by atoms with E-state index in [1.165, 1.54) is 11.0 Å². The van der Waals surface area contributed by atoms with Gasteiger partial charge in [0, 0.05) is 29.8 Å². The van der Waals surface area contributed by atoms with Crippen LogP contribution in [0.2, 0.25) is 0 Å². The highest BCUT2D eigenvalue weighted by Crippen LogP contribution is 2.31. The van der Waals surface area contributed by atoms with Crippen LogP contribution >= 0.6 is 0 Å². The molecule has 2 aromatic carbocycles. The number of fused-ring (bicyclic) bond motifs is 1. The molecule has 0 fully saturated rings. The zero-order valence-electron chi connectivity index (χ0n) is 12.4. The number of rotatable bonds is 3. The molecule has 1 aliphatic heterocycles. The molecule has 0 aromatic heterocycles. The third-order valence-corrected chi connectivity index (χ3v) is 3.74.